The Morgan fingerprint density at radius 3 is 2.87 bits per heavy atom. The first kappa shape index (κ1) is 10.6. The summed E-state index contributed by atoms with van der Waals surface area (Å²) < 4.78 is 11.3. The average Bonchev–Trinajstić information content (AvgIpc) is 2.77. The van der Waals surface area contributed by atoms with E-state index in [2.05, 4.69) is 19.1 Å². The van der Waals surface area contributed by atoms with Crippen LogP contribution in [-0.2, 0) is 15.9 Å². The average molecular weight is 207 g/mol. The van der Waals surface area contributed by atoms with E-state index in [9.17, 15) is 0 Å². The van der Waals surface area contributed by atoms with Crippen molar-refractivity contribution in [3.05, 3.63) is 35.4 Å². The summed E-state index contributed by atoms with van der Waals surface area (Å²) in [5.74, 6) is 0. The van der Waals surface area contributed by atoms with Gasteiger partial charge in [0.1, 0.15) is 0 Å². The number of hydrogen-bond donors (Lipinski definition) is 1. The van der Waals surface area contributed by atoms with E-state index in [0.29, 0.717) is 13.2 Å². The highest BCUT2D eigenvalue weighted by Crippen LogP contribution is 2.29. The van der Waals surface area contributed by atoms with Crippen LogP contribution in [0.25, 0.3) is 0 Å². The Hall–Kier alpha value is -0.900. The van der Waals surface area contributed by atoms with Crippen molar-refractivity contribution in [3.63, 3.8) is 0 Å². The Labute approximate surface area is 90.2 Å². The second kappa shape index (κ2) is 4.75. The van der Waals surface area contributed by atoms with Gasteiger partial charge in [-0.05, 0) is 12.0 Å². The first-order valence-corrected chi connectivity index (χ1v) is 5.40. The van der Waals surface area contributed by atoms with Crippen molar-refractivity contribution in [2.45, 2.75) is 25.7 Å². The maximum absolute atomic E-state index is 5.69. The van der Waals surface area contributed by atoms with Gasteiger partial charge in [0.05, 0.1) is 12.7 Å². The lowest BCUT2D eigenvalue weighted by molar-refractivity contribution is -0.0590. The molecule has 1 fully saturated rings. The Kier molecular flexibility index (Phi) is 3.36. The van der Waals surface area contributed by atoms with E-state index in [1.165, 1.54) is 5.56 Å². The Morgan fingerprint density at radius 2 is 2.20 bits per heavy atom. The summed E-state index contributed by atoms with van der Waals surface area (Å²) in [6, 6.07) is 8.22. The van der Waals surface area contributed by atoms with Crippen molar-refractivity contribution < 1.29 is 9.47 Å². The number of nitrogens with two attached hydrogens (primary N) is 1. The topological polar surface area (TPSA) is 44.5 Å². The molecule has 1 aliphatic rings. The number of rotatable bonds is 3. The highest BCUT2D eigenvalue weighted by atomic mass is 16.7. The molecule has 3 heteroatoms. The zero-order valence-electron chi connectivity index (χ0n) is 8.98. The fraction of sp³-hybridized carbons (Fsp3) is 0.500. The highest BCUT2D eigenvalue weighted by Gasteiger charge is 2.27. The van der Waals surface area contributed by atoms with Gasteiger partial charge < -0.3 is 15.2 Å². The second-order valence-corrected chi connectivity index (χ2v) is 3.71. The molecule has 0 aromatic heterocycles. The molecular weight excluding hydrogens is 190 g/mol. The standard InChI is InChI=1S/C12H17NO2/c1-2-9-5-3-4-6-11(9)12-14-8-10(7-13)15-12/h3-6,10,12H,2,7-8,13H2,1H3. The van der Waals surface area contributed by atoms with Crippen LogP contribution in [0.4, 0.5) is 0 Å². The third-order valence-corrected chi connectivity index (χ3v) is 2.70. The monoisotopic (exact) mass is 207 g/mol. The van der Waals surface area contributed by atoms with Crippen LogP contribution in [0.15, 0.2) is 24.3 Å². The van der Waals surface area contributed by atoms with Gasteiger partial charge in [0.15, 0.2) is 6.29 Å². The van der Waals surface area contributed by atoms with Crippen molar-refractivity contribution in [1.82, 2.24) is 0 Å². The summed E-state index contributed by atoms with van der Waals surface area (Å²) in [7, 11) is 0. The predicted molar refractivity (Wildman–Crippen MR) is 58.4 cm³/mol. The largest absolute Gasteiger partial charge is 0.346 e. The van der Waals surface area contributed by atoms with Gasteiger partial charge in [0.25, 0.3) is 0 Å². The van der Waals surface area contributed by atoms with Crippen molar-refractivity contribution in [2.24, 2.45) is 5.73 Å². The zero-order valence-corrected chi connectivity index (χ0v) is 8.98. The van der Waals surface area contributed by atoms with Crippen LogP contribution < -0.4 is 5.73 Å². The van der Waals surface area contributed by atoms with Crippen molar-refractivity contribution >= 4 is 0 Å². The third-order valence-electron chi connectivity index (χ3n) is 2.70. The summed E-state index contributed by atoms with van der Waals surface area (Å²) in [4.78, 5) is 0. The van der Waals surface area contributed by atoms with Crippen LogP contribution in [0.2, 0.25) is 0 Å². The Bertz CT molecular complexity index is 327. The van der Waals surface area contributed by atoms with E-state index in [-0.39, 0.29) is 12.4 Å². The molecule has 2 rings (SSSR count). The summed E-state index contributed by atoms with van der Waals surface area (Å²) in [6.07, 6.45) is 0.807. The van der Waals surface area contributed by atoms with E-state index >= 15 is 0 Å². The maximum Gasteiger partial charge on any atom is 0.184 e. The lowest BCUT2D eigenvalue weighted by Crippen LogP contribution is -2.21. The minimum Gasteiger partial charge on any atom is -0.346 e. The van der Waals surface area contributed by atoms with E-state index < -0.39 is 0 Å². The van der Waals surface area contributed by atoms with Crippen molar-refractivity contribution in [1.29, 1.82) is 0 Å². The molecule has 2 N–H and O–H groups in total. The van der Waals surface area contributed by atoms with E-state index in [0.717, 1.165) is 12.0 Å². The van der Waals surface area contributed by atoms with Gasteiger partial charge in [-0.15, -0.1) is 0 Å². The lowest BCUT2D eigenvalue weighted by atomic mass is 10.1. The number of aryl methyl sites for hydroxylation is 1. The molecule has 15 heavy (non-hydrogen) atoms. The van der Waals surface area contributed by atoms with Gasteiger partial charge in [-0.25, -0.2) is 0 Å². The molecule has 1 saturated heterocycles. The van der Waals surface area contributed by atoms with Gasteiger partial charge in [0, 0.05) is 12.1 Å². The fourth-order valence-electron chi connectivity index (χ4n) is 1.82. The smallest absolute Gasteiger partial charge is 0.184 e. The fourth-order valence-corrected chi connectivity index (χ4v) is 1.82. The van der Waals surface area contributed by atoms with Crippen LogP contribution in [0.5, 0.6) is 0 Å². The molecule has 0 amide bonds. The molecule has 0 spiro atoms. The molecule has 1 aromatic carbocycles. The minimum absolute atomic E-state index is 0.0416. The SMILES string of the molecule is CCc1ccccc1C1OCC(CN)O1. The number of benzene rings is 1. The molecule has 1 aromatic rings. The second-order valence-electron chi connectivity index (χ2n) is 3.71. The Balaban J connectivity index is 2.16. The summed E-state index contributed by atoms with van der Waals surface area (Å²) in [6.45, 7) is 3.25. The van der Waals surface area contributed by atoms with Crippen LogP contribution in [0.1, 0.15) is 24.3 Å². The van der Waals surface area contributed by atoms with Gasteiger partial charge in [-0.2, -0.15) is 0 Å². The minimum atomic E-state index is -0.227. The molecule has 82 valence electrons. The van der Waals surface area contributed by atoms with Gasteiger partial charge in [-0.1, -0.05) is 31.2 Å². The first-order valence-electron chi connectivity index (χ1n) is 5.40. The predicted octanol–water partition coefficient (Wildman–Crippen LogP) is 1.62. The number of ether oxygens (including phenoxy) is 2. The van der Waals surface area contributed by atoms with Gasteiger partial charge in [0.2, 0.25) is 0 Å². The maximum atomic E-state index is 5.69. The van der Waals surface area contributed by atoms with E-state index in [1.54, 1.807) is 0 Å². The van der Waals surface area contributed by atoms with Crippen LogP contribution in [0, 0.1) is 0 Å². The normalized spacial score (nSPS) is 25.7. The molecular formula is C12H17NO2. The van der Waals surface area contributed by atoms with Gasteiger partial charge in [-0.3, -0.25) is 0 Å². The van der Waals surface area contributed by atoms with Crippen LogP contribution >= 0.6 is 0 Å². The molecule has 0 aliphatic carbocycles. The third kappa shape index (κ3) is 2.20. The molecule has 1 aliphatic heterocycles. The van der Waals surface area contributed by atoms with Crippen molar-refractivity contribution in [2.75, 3.05) is 13.2 Å². The first-order chi connectivity index (χ1) is 7.35. The highest BCUT2D eigenvalue weighted by molar-refractivity contribution is 5.28. The quantitative estimate of drug-likeness (QED) is 0.819. The molecule has 0 bridgehead atoms. The summed E-state index contributed by atoms with van der Waals surface area (Å²) >= 11 is 0. The van der Waals surface area contributed by atoms with Crippen LogP contribution in [0.3, 0.4) is 0 Å². The lowest BCUT2D eigenvalue weighted by Gasteiger charge is -2.14. The van der Waals surface area contributed by atoms with Gasteiger partial charge >= 0.3 is 0 Å². The molecule has 2 unspecified atom stereocenters. The molecule has 2 atom stereocenters. The summed E-state index contributed by atoms with van der Waals surface area (Å²) in [5, 5.41) is 0. The number of hydrogen-bond acceptors (Lipinski definition) is 3. The van der Waals surface area contributed by atoms with Crippen molar-refractivity contribution in [3.8, 4) is 0 Å². The van der Waals surface area contributed by atoms with Crippen LogP contribution in [-0.4, -0.2) is 19.3 Å². The van der Waals surface area contributed by atoms with E-state index in [1.807, 2.05) is 12.1 Å². The molecule has 0 radical (unpaired) electrons. The zero-order chi connectivity index (χ0) is 10.7. The Morgan fingerprint density at radius 1 is 1.40 bits per heavy atom. The molecule has 0 saturated carbocycles. The molecule has 1 heterocycles. The van der Waals surface area contributed by atoms with E-state index in [4.69, 9.17) is 15.2 Å². The molecule has 3 nitrogen and oxygen atoms in total. The summed E-state index contributed by atoms with van der Waals surface area (Å²) in [5.41, 5.74) is 7.95.